The molecular formula is C17H15ClN4OS. The number of thiophene rings is 1. The van der Waals surface area contributed by atoms with Gasteiger partial charge in [-0.25, -0.2) is 9.97 Å². The van der Waals surface area contributed by atoms with Crippen LogP contribution in [-0.4, -0.2) is 21.8 Å². The standard InChI is InChI=1S/C17H15ClN4OS/c1-8(23)15-13(19)12-14(9-2-4-10(18)5-3-9)21-17(20-11-6-7-11)22-16(12)24-15/h2-5,11H,6-7,19H2,1H3,(H,20,21,22). The minimum absolute atomic E-state index is 0.0609. The average molecular weight is 359 g/mol. The number of nitrogens with two attached hydrogens (primary N) is 1. The molecule has 5 nitrogen and oxygen atoms in total. The van der Waals surface area contributed by atoms with Gasteiger partial charge in [0.25, 0.3) is 0 Å². The van der Waals surface area contributed by atoms with Crippen LogP contribution in [0.1, 0.15) is 29.4 Å². The van der Waals surface area contributed by atoms with Crippen LogP contribution < -0.4 is 11.1 Å². The number of nitrogen functional groups attached to an aromatic ring is 1. The van der Waals surface area contributed by atoms with Gasteiger partial charge in [-0.05, 0) is 25.0 Å². The van der Waals surface area contributed by atoms with Crippen molar-refractivity contribution in [2.24, 2.45) is 0 Å². The summed E-state index contributed by atoms with van der Waals surface area (Å²) in [7, 11) is 0. The highest BCUT2D eigenvalue weighted by Gasteiger charge is 2.24. The first kappa shape index (κ1) is 15.4. The van der Waals surface area contributed by atoms with Gasteiger partial charge in [0.15, 0.2) is 5.78 Å². The number of hydrogen-bond acceptors (Lipinski definition) is 6. The molecule has 3 N–H and O–H groups in total. The maximum atomic E-state index is 11.9. The zero-order valence-corrected chi connectivity index (χ0v) is 14.5. The third-order valence-corrected chi connectivity index (χ3v) is 5.39. The van der Waals surface area contributed by atoms with Crippen LogP contribution in [0.3, 0.4) is 0 Å². The van der Waals surface area contributed by atoms with Gasteiger partial charge < -0.3 is 11.1 Å². The van der Waals surface area contributed by atoms with E-state index in [-0.39, 0.29) is 5.78 Å². The van der Waals surface area contributed by atoms with Crippen LogP contribution in [0, 0.1) is 0 Å². The number of benzene rings is 1. The SMILES string of the molecule is CC(=O)c1sc2nc(NC3CC3)nc(-c3ccc(Cl)cc3)c2c1N. The van der Waals surface area contributed by atoms with Crippen molar-refractivity contribution in [2.75, 3.05) is 11.1 Å². The van der Waals surface area contributed by atoms with E-state index in [2.05, 4.69) is 15.3 Å². The molecule has 2 heterocycles. The average Bonchev–Trinajstić information content (AvgIpc) is 3.29. The Bertz CT molecular complexity index is 947. The van der Waals surface area contributed by atoms with Crippen LogP contribution in [0.4, 0.5) is 11.6 Å². The van der Waals surface area contributed by atoms with E-state index in [9.17, 15) is 4.79 Å². The van der Waals surface area contributed by atoms with E-state index in [4.69, 9.17) is 17.3 Å². The molecule has 7 heteroatoms. The molecule has 0 aliphatic heterocycles. The van der Waals surface area contributed by atoms with Crippen molar-refractivity contribution in [1.29, 1.82) is 0 Å². The van der Waals surface area contributed by atoms with E-state index in [0.717, 1.165) is 34.3 Å². The third-order valence-electron chi connectivity index (χ3n) is 3.94. The van der Waals surface area contributed by atoms with E-state index in [1.807, 2.05) is 24.3 Å². The molecular weight excluding hydrogens is 344 g/mol. The first-order chi connectivity index (χ1) is 11.5. The highest BCUT2D eigenvalue weighted by atomic mass is 35.5. The largest absolute Gasteiger partial charge is 0.397 e. The van der Waals surface area contributed by atoms with Gasteiger partial charge in [0.1, 0.15) is 4.83 Å². The molecule has 0 radical (unpaired) electrons. The van der Waals surface area contributed by atoms with E-state index < -0.39 is 0 Å². The number of aromatic nitrogens is 2. The Labute approximate surface area is 147 Å². The molecule has 0 spiro atoms. The predicted molar refractivity (Wildman–Crippen MR) is 98.9 cm³/mol. The first-order valence-electron chi connectivity index (χ1n) is 7.66. The van der Waals surface area contributed by atoms with Crippen LogP contribution in [0.25, 0.3) is 21.5 Å². The van der Waals surface area contributed by atoms with Crippen molar-refractivity contribution in [2.45, 2.75) is 25.8 Å². The lowest BCUT2D eigenvalue weighted by atomic mass is 10.1. The van der Waals surface area contributed by atoms with Crippen LogP contribution >= 0.6 is 22.9 Å². The molecule has 1 saturated carbocycles. The van der Waals surface area contributed by atoms with E-state index in [1.54, 1.807) is 0 Å². The summed E-state index contributed by atoms with van der Waals surface area (Å²) in [6, 6.07) is 7.86. The molecule has 1 aromatic carbocycles. The molecule has 0 atom stereocenters. The van der Waals surface area contributed by atoms with Crippen LogP contribution in [0.2, 0.25) is 5.02 Å². The van der Waals surface area contributed by atoms with Crippen molar-refractivity contribution in [1.82, 2.24) is 9.97 Å². The van der Waals surface area contributed by atoms with E-state index in [0.29, 0.717) is 27.6 Å². The second-order valence-electron chi connectivity index (χ2n) is 5.90. The quantitative estimate of drug-likeness (QED) is 0.677. The van der Waals surface area contributed by atoms with Gasteiger partial charge in [-0.1, -0.05) is 23.7 Å². The van der Waals surface area contributed by atoms with Gasteiger partial charge in [-0.2, -0.15) is 0 Å². The monoisotopic (exact) mass is 358 g/mol. The minimum Gasteiger partial charge on any atom is -0.397 e. The summed E-state index contributed by atoms with van der Waals surface area (Å²) < 4.78 is 0. The molecule has 2 aromatic heterocycles. The number of Topliss-reactive ketones (excluding diaryl/α,β-unsaturated/α-hetero) is 1. The Hall–Kier alpha value is -2.18. The fraction of sp³-hybridized carbons (Fsp3) is 0.235. The lowest BCUT2D eigenvalue weighted by molar-refractivity contribution is 0.102. The number of hydrogen-bond donors (Lipinski definition) is 2. The molecule has 4 rings (SSSR count). The Morgan fingerprint density at radius 3 is 2.62 bits per heavy atom. The number of carbonyl (C=O) groups is 1. The highest BCUT2D eigenvalue weighted by Crippen LogP contribution is 2.39. The van der Waals surface area contributed by atoms with Gasteiger partial charge in [0, 0.05) is 23.6 Å². The summed E-state index contributed by atoms with van der Waals surface area (Å²) >= 11 is 7.30. The predicted octanol–water partition coefficient (Wildman–Crippen LogP) is 4.37. The first-order valence-corrected chi connectivity index (χ1v) is 8.86. The zero-order chi connectivity index (χ0) is 16.8. The van der Waals surface area contributed by atoms with Crippen molar-refractivity contribution in [3.8, 4) is 11.3 Å². The minimum atomic E-state index is -0.0609. The molecule has 122 valence electrons. The summed E-state index contributed by atoms with van der Waals surface area (Å²) in [6.07, 6.45) is 2.26. The summed E-state index contributed by atoms with van der Waals surface area (Å²) in [6.45, 7) is 1.51. The van der Waals surface area contributed by atoms with Crippen molar-refractivity contribution in [3.63, 3.8) is 0 Å². The number of nitrogens with one attached hydrogen (secondary N) is 1. The Morgan fingerprint density at radius 2 is 2.00 bits per heavy atom. The number of ketones is 1. The molecule has 3 aromatic rings. The van der Waals surface area contributed by atoms with Crippen molar-refractivity contribution < 1.29 is 4.79 Å². The Morgan fingerprint density at radius 1 is 1.29 bits per heavy atom. The lowest BCUT2D eigenvalue weighted by Crippen LogP contribution is -2.06. The molecule has 0 saturated heterocycles. The second-order valence-corrected chi connectivity index (χ2v) is 7.34. The third kappa shape index (κ3) is 2.72. The maximum Gasteiger partial charge on any atom is 0.224 e. The Kier molecular flexibility index (Phi) is 3.66. The van der Waals surface area contributed by atoms with Crippen molar-refractivity contribution >= 4 is 50.6 Å². The molecule has 0 bridgehead atoms. The van der Waals surface area contributed by atoms with E-state index >= 15 is 0 Å². The molecule has 0 amide bonds. The number of rotatable bonds is 4. The smallest absolute Gasteiger partial charge is 0.224 e. The number of fused-ring (bicyclic) bond motifs is 1. The van der Waals surface area contributed by atoms with Gasteiger partial charge >= 0.3 is 0 Å². The highest BCUT2D eigenvalue weighted by molar-refractivity contribution is 7.21. The van der Waals surface area contributed by atoms with Crippen molar-refractivity contribution in [3.05, 3.63) is 34.2 Å². The number of nitrogens with zero attached hydrogens (tertiary/aromatic N) is 2. The van der Waals surface area contributed by atoms with E-state index in [1.165, 1.54) is 18.3 Å². The molecule has 1 aliphatic carbocycles. The normalized spacial score (nSPS) is 14.1. The summed E-state index contributed by atoms with van der Waals surface area (Å²) in [4.78, 5) is 22.3. The van der Waals surface area contributed by atoms with Gasteiger partial charge in [0.05, 0.1) is 21.6 Å². The molecule has 0 unspecified atom stereocenters. The van der Waals surface area contributed by atoms with Gasteiger partial charge in [0.2, 0.25) is 5.95 Å². The van der Waals surface area contributed by atoms with Crippen LogP contribution in [0.5, 0.6) is 0 Å². The number of carbonyl (C=O) groups excluding carboxylic acids is 1. The topological polar surface area (TPSA) is 80.9 Å². The summed E-state index contributed by atoms with van der Waals surface area (Å²) in [5.74, 6) is 0.514. The molecule has 1 aliphatic rings. The number of anilines is 2. The second kappa shape index (κ2) is 5.72. The molecule has 24 heavy (non-hydrogen) atoms. The fourth-order valence-electron chi connectivity index (χ4n) is 2.57. The summed E-state index contributed by atoms with van der Waals surface area (Å²) in [5, 5.41) is 4.71. The molecule has 1 fully saturated rings. The van der Waals surface area contributed by atoms with Crippen LogP contribution in [0.15, 0.2) is 24.3 Å². The summed E-state index contributed by atoms with van der Waals surface area (Å²) in [5.41, 5.74) is 8.30. The van der Waals surface area contributed by atoms with Crippen LogP contribution in [-0.2, 0) is 0 Å². The zero-order valence-electron chi connectivity index (χ0n) is 13.0. The van der Waals surface area contributed by atoms with Gasteiger partial charge in [-0.15, -0.1) is 11.3 Å². The Balaban J connectivity index is 1.96. The fourth-order valence-corrected chi connectivity index (χ4v) is 3.69. The maximum absolute atomic E-state index is 11.9. The van der Waals surface area contributed by atoms with Gasteiger partial charge in [-0.3, -0.25) is 4.79 Å². The lowest BCUT2D eigenvalue weighted by Gasteiger charge is -2.08. The number of halogens is 1.